The molecule has 2 aliphatic rings. The van der Waals surface area contributed by atoms with Crippen molar-refractivity contribution < 1.29 is 39.5 Å². The number of aliphatic hydroxyl groups is 2. The molecule has 35 heavy (non-hydrogen) atoms. The van der Waals surface area contributed by atoms with Gasteiger partial charge in [-0.05, 0) is 44.5 Å². The van der Waals surface area contributed by atoms with Crippen LogP contribution in [0.5, 0.6) is 17.2 Å². The number of halogens is 2. The van der Waals surface area contributed by atoms with Crippen molar-refractivity contribution in [3.8, 4) is 17.2 Å². The molecule has 0 bridgehead atoms. The molecule has 0 spiro atoms. The Morgan fingerprint density at radius 3 is 2.26 bits per heavy atom. The van der Waals surface area contributed by atoms with Crippen molar-refractivity contribution in [1.29, 1.82) is 0 Å². The molecule has 4 N–H and O–H groups in total. The summed E-state index contributed by atoms with van der Waals surface area (Å²) in [6, 6.07) is 4.33. The van der Waals surface area contributed by atoms with Crippen LogP contribution in [0.2, 0.25) is 10.0 Å². The van der Waals surface area contributed by atoms with E-state index in [-0.39, 0.29) is 43.8 Å². The Hall–Kier alpha value is -3.33. The van der Waals surface area contributed by atoms with E-state index in [0.717, 1.165) is 13.0 Å². The fourth-order valence-electron chi connectivity index (χ4n) is 4.45. The molecule has 2 aromatic rings. The van der Waals surface area contributed by atoms with Gasteiger partial charge in [0.05, 0.1) is 11.7 Å². The molecule has 1 unspecified atom stereocenters. The zero-order valence-corrected chi connectivity index (χ0v) is 20.3. The topological polar surface area (TPSA) is 141 Å². The summed E-state index contributed by atoms with van der Waals surface area (Å²) in [6.07, 6.45) is -0.796. The summed E-state index contributed by atoms with van der Waals surface area (Å²) < 4.78 is 5.75. The number of rotatable bonds is 5. The van der Waals surface area contributed by atoms with E-state index in [9.17, 15) is 34.8 Å². The Balaban J connectivity index is 1.84. The van der Waals surface area contributed by atoms with Crippen molar-refractivity contribution in [2.75, 3.05) is 0 Å². The lowest BCUT2D eigenvalue weighted by Gasteiger charge is -2.28. The van der Waals surface area contributed by atoms with Crippen LogP contribution in [0.3, 0.4) is 0 Å². The second-order valence-electron chi connectivity index (χ2n) is 8.63. The molecule has 0 aromatic heterocycles. The molecule has 1 aliphatic carbocycles. The van der Waals surface area contributed by atoms with Gasteiger partial charge in [0.25, 0.3) is 0 Å². The van der Waals surface area contributed by atoms with Gasteiger partial charge in [-0.15, -0.1) is 0 Å². The molecular weight excluding hydrogens is 499 g/mol. The van der Waals surface area contributed by atoms with E-state index >= 15 is 0 Å². The van der Waals surface area contributed by atoms with E-state index in [0.29, 0.717) is 0 Å². The second kappa shape index (κ2) is 8.41. The molecular formula is C25H20Cl2O8. The maximum atomic E-state index is 13.3. The quantitative estimate of drug-likeness (QED) is 0.334. The first-order valence-corrected chi connectivity index (χ1v) is 11.2. The largest absolute Gasteiger partial charge is 0.507 e. The van der Waals surface area contributed by atoms with Crippen LogP contribution in [0.4, 0.5) is 0 Å². The predicted octanol–water partition coefficient (Wildman–Crippen LogP) is 4.54. The van der Waals surface area contributed by atoms with Gasteiger partial charge >= 0.3 is 0 Å². The van der Waals surface area contributed by atoms with Crippen molar-refractivity contribution in [3.63, 3.8) is 0 Å². The van der Waals surface area contributed by atoms with Crippen LogP contribution in [-0.2, 0) is 15.0 Å². The van der Waals surface area contributed by atoms with E-state index in [1.165, 1.54) is 32.0 Å². The van der Waals surface area contributed by atoms with Gasteiger partial charge in [-0.3, -0.25) is 14.4 Å². The average Bonchev–Trinajstić information content (AvgIpc) is 3.04. The molecule has 2 aromatic carbocycles. The molecule has 1 aliphatic heterocycles. The Morgan fingerprint density at radius 2 is 1.69 bits per heavy atom. The van der Waals surface area contributed by atoms with Crippen molar-refractivity contribution in [1.82, 2.24) is 0 Å². The SMILES string of the molecule is CC(=O)C1=C(O)C=C2Oc3c(C(=O)CC(O)c4cc(Cl)cc(Cl)c4)c(O)c(C)c(O)c3[C@]2(C)C1=O. The minimum absolute atomic E-state index is 0.102. The van der Waals surface area contributed by atoms with Crippen LogP contribution >= 0.6 is 23.2 Å². The minimum Gasteiger partial charge on any atom is -0.507 e. The number of fused-ring (bicyclic) bond motifs is 3. The highest BCUT2D eigenvalue weighted by atomic mass is 35.5. The van der Waals surface area contributed by atoms with Crippen LogP contribution < -0.4 is 4.74 Å². The number of aromatic hydroxyl groups is 2. The van der Waals surface area contributed by atoms with Crippen molar-refractivity contribution in [2.45, 2.75) is 38.7 Å². The normalized spacial score (nSPS) is 19.6. The highest BCUT2D eigenvalue weighted by Crippen LogP contribution is 2.57. The Kier molecular flexibility index (Phi) is 5.95. The lowest BCUT2D eigenvalue weighted by molar-refractivity contribution is -0.123. The number of allylic oxidation sites excluding steroid dienone is 3. The van der Waals surface area contributed by atoms with Crippen molar-refractivity contribution >= 4 is 40.6 Å². The fraction of sp³-hybridized carbons (Fsp3) is 0.240. The van der Waals surface area contributed by atoms with Crippen LogP contribution in [-0.4, -0.2) is 37.8 Å². The van der Waals surface area contributed by atoms with Crippen LogP contribution in [0.15, 0.2) is 41.4 Å². The maximum absolute atomic E-state index is 13.3. The number of ether oxygens (including phenoxy) is 1. The molecule has 0 amide bonds. The van der Waals surface area contributed by atoms with E-state index in [2.05, 4.69) is 0 Å². The summed E-state index contributed by atoms with van der Waals surface area (Å²) >= 11 is 12.0. The third-order valence-corrected chi connectivity index (χ3v) is 6.76. The molecule has 0 saturated carbocycles. The molecule has 182 valence electrons. The van der Waals surface area contributed by atoms with Crippen molar-refractivity contribution in [2.24, 2.45) is 0 Å². The molecule has 8 nitrogen and oxygen atoms in total. The molecule has 1 heterocycles. The number of benzene rings is 2. The third kappa shape index (κ3) is 3.69. The van der Waals surface area contributed by atoms with Crippen LogP contribution in [0.1, 0.15) is 53.4 Å². The van der Waals surface area contributed by atoms with Gasteiger partial charge in [0, 0.05) is 28.1 Å². The van der Waals surface area contributed by atoms with E-state index in [4.69, 9.17) is 27.9 Å². The number of Topliss-reactive ketones (excluding diaryl/α,β-unsaturated/α-hetero) is 3. The number of hydrogen-bond donors (Lipinski definition) is 4. The Bertz CT molecular complexity index is 1380. The van der Waals surface area contributed by atoms with Gasteiger partial charge in [0.1, 0.15) is 45.3 Å². The molecule has 0 fully saturated rings. The predicted molar refractivity (Wildman–Crippen MR) is 126 cm³/mol. The molecule has 2 atom stereocenters. The van der Waals surface area contributed by atoms with Crippen molar-refractivity contribution in [3.05, 3.63) is 73.7 Å². The number of hydrogen-bond acceptors (Lipinski definition) is 8. The standard InChI is InChI=1S/C25H20Cl2O8/c1-9-21(32)19(15(30)7-14(29)11-4-12(26)6-13(27)5-11)23-20(22(9)33)25(3)17(35-23)8-16(31)18(10(2)28)24(25)34/h4-6,8,14,29,31-33H,7H2,1-3H3/t14?,25-/m1/s1. The summed E-state index contributed by atoms with van der Waals surface area (Å²) in [6.45, 7) is 3.84. The minimum atomic E-state index is -1.74. The summed E-state index contributed by atoms with van der Waals surface area (Å²) in [5, 5.41) is 43.0. The summed E-state index contributed by atoms with van der Waals surface area (Å²) in [7, 11) is 0. The summed E-state index contributed by atoms with van der Waals surface area (Å²) in [4.78, 5) is 38.7. The fourth-order valence-corrected chi connectivity index (χ4v) is 5.00. The zero-order valence-electron chi connectivity index (χ0n) is 18.8. The van der Waals surface area contributed by atoms with Crippen LogP contribution in [0, 0.1) is 6.92 Å². The summed E-state index contributed by atoms with van der Waals surface area (Å²) in [5.74, 6) is -4.41. The first kappa shape index (κ1) is 24.8. The van der Waals surface area contributed by atoms with Gasteiger partial charge in [-0.25, -0.2) is 0 Å². The van der Waals surface area contributed by atoms with Gasteiger partial charge in [0.2, 0.25) is 0 Å². The molecule has 10 heteroatoms. The van der Waals surface area contributed by atoms with Gasteiger partial charge in [-0.2, -0.15) is 0 Å². The molecule has 4 rings (SSSR count). The maximum Gasteiger partial charge on any atom is 0.188 e. The molecule has 0 saturated heterocycles. The number of aliphatic hydroxyl groups excluding tert-OH is 2. The highest BCUT2D eigenvalue weighted by molar-refractivity contribution is 6.34. The lowest BCUT2D eigenvalue weighted by atomic mass is 9.70. The zero-order chi connectivity index (χ0) is 26.0. The van der Waals surface area contributed by atoms with E-state index < -0.39 is 58.1 Å². The number of phenolic OH excluding ortho intramolecular Hbond substituents is 2. The Morgan fingerprint density at radius 1 is 1.09 bits per heavy atom. The first-order valence-electron chi connectivity index (χ1n) is 10.4. The van der Waals surface area contributed by atoms with Gasteiger partial charge < -0.3 is 25.2 Å². The molecule has 0 radical (unpaired) electrons. The Labute approximate surface area is 209 Å². The second-order valence-corrected chi connectivity index (χ2v) is 9.50. The van der Waals surface area contributed by atoms with Gasteiger partial charge in [-0.1, -0.05) is 23.2 Å². The number of carbonyl (C=O) groups is 3. The van der Waals surface area contributed by atoms with E-state index in [1.54, 1.807) is 0 Å². The highest BCUT2D eigenvalue weighted by Gasteiger charge is 2.55. The number of phenols is 2. The average molecular weight is 519 g/mol. The van der Waals surface area contributed by atoms with E-state index in [1.807, 2.05) is 0 Å². The lowest BCUT2D eigenvalue weighted by Crippen LogP contribution is -2.38. The van der Waals surface area contributed by atoms with Crippen LogP contribution in [0.25, 0.3) is 0 Å². The monoisotopic (exact) mass is 518 g/mol. The van der Waals surface area contributed by atoms with Gasteiger partial charge in [0.15, 0.2) is 17.3 Å². The smallest absolute Gasteiger partial charge is 0.188 e. The third-order valence-electron chi connectivity index (χ3n) is 6.33. The number of carbonyl (C=O) groups excluding carboxylic acids is 3. The summed E-state index contributed by atoms with van der Waals surface area (Å²) in [5.41, 5.74) is -2.54. The first-order chi connectivity index (χ1) is 16.3. The number of ketones is 3.